The molecular formula is C15H15F3N6O3S. The minimum Gasteiger partial charge on any atom is -0.365 e. The Bertz CT molecular complexity index is 991. The van der Waals surface area contributed by atoms with Crippen molar-refractivity contribution >= 4 is 33.2 Å². The highest BCUT2D eigenvalue weighted by Gasteiger charge is 2.46. The van der Waals surface area contributed by atoms with E-state index >= 15 is 0 Å². The van der Waals surface area contributed by atoms with E-state index in [1.54, 1.807) is 0 Å². The number of halogens is 3. The van der Waals surface area contributed by atoms with E-state index in [-0.39, 0.29) is 29.2 Å². The normalized spacial score (nSPS) is 15.0. The lowest BCUT2D eigenvalue weighted by Gasteiger charge is -2.27. The van der Waals surface area contributed by atoms with Crippen molar-refractivity contribution in [2.45, 2.75) is 35.7 Å². The molecule has 1 aliphatic carbocycles. The van der Waals surface area contributed by atoms with Crippen LogP contribution >= 0.6 is 0 Å². The summed E-state index contributed by atoms with van der Waals surface area (Å²) in [7, 11) is -5.43. The van der Waals surface area contributed by atoms with Gasteiger partial charge in [0.05, 0.1) is 4.90 Å². The smallest absolute Gasteiger partial charge is 0.365 e. The van der Waals surface area contributed by atoms with E-state index in [2.05, 4.69) is 25.8 Å². The van der Waals surface area contributed by atoms with Crippen molar-refractivity contribution < 1.29 is 26.4 Å². The van der Waals surface area contributed by atoms with Gasteiger partial charge in [-0.3, -0.25) is 4.79 Å². The molecule has 1 aromatic carbocycles. The second kappa shape index (κ2) is 7.22. The molecule has 0 bridgehead atoms. The fourth-order valence-corrected chi connectivity index (χ4v) is 3.13. The Morgan fingerprint density at radius 2 is 1.79 bits per heavy atom. The summed E-state index contributed by atoms with van der Waals surface area (Å²) in [6.07, 6.45) is 2.85. The minimum atomic E-state index is -5.43. The summed E-state index contributed by atoms with van der Waals surface area (Å²) in [5.74, 6) is -0.709. The summed E-state index contributed by atoms with van der Waals surface area (Å²) < 4.78 is 60.5. The average Bonchev–Trinajstić information content (AvgIpc) is 2.57. The fraction of sp³-hybridized carbons (Fsp3) is 0.333. The molecule has 1 amide bonds. The summed E-state index contributed by atoms with van der Waals surface area (Å²) in [6.45, 7) is 0. The summed E-state index contributed by atoms with van der Waals surface area (Å²) in [6, 6.07) is 4.01. The second-order valence-electron chi connectivity index (χ2n) is 6.07. The number of nitrogens with one attached hydrogen (secondary N) is 2. The maximum absolute atomic E-state index is 12.6. The third-order valence-corrected chi connectivity index (χ3v) is 5.59. The second-order valence-corrected chi connectivity index (χ2v) is 8.01. The molecule has 0 unspecified atom stereocenters. The van der Waals surface area contributed by atoms with E-state index in [4.69, 9.17) is 5.73 Å². The predicted molar refractivity (Wildman–Crippen MR) is 92.6 cm³/mol. The van der Waals surface area contributed by atoms with Crippen molar-refractivity contribution in [3.63, 3.8) is 0 Å². The predicted octanol–water partition coefficient (Wildman–Crippen LogP) is 1.97. The maximum atomic E-state index is 12.6. The van der Waals surface area contributed by atoms with Gasteiger partial charge < -0.3 is 16.4 Å². The number of carbonyl (C=O) groups excluding carboxylic acids is 1. The lowest BCUT2D eigenvalue weighted by Crippen LogP contribution is -2.30. The van der Waals surface area contributed by atoms with E-state index in [9.17, 15) is 26.4 Å². The van der Waals surface area contributed by atoms with Crippen molar-refractivity contribution in [3.05, 3.63) is 30.0 Å². The summed E-state index contributed by atoms with van der Waals surface area (Å²) in [5, 5.41) is 13.1. The highest BCUT2D eigenvalue weighted by Crippen LogP contribution is 2.31. The number of carbonyl (C=O) groups is 1. The van der Waals surface area contributed by atoms with E-state index in [1.165, 1.54) is 0 Å². The van der Waals surface area contributed by atoms with Crippen molar-refractivity contribution in [1.29, 1.82) is 0 Å². The van der Waals surface area contributed by atoms with Gasteiger partial charge >= 0.3 is 5.51 Å². The Balaban J connectivity index is 1.81. The number of aromatic nitrogens is 3. The van der Waals surface area contributed by atoms with Crippen LogP contribution in [0.1, 0.15) is 29.8 Å². The zero-order chi connectivity index (χ0) is 20.5. The van der Waals surface area contributed by atoms with Crippen LogP contribution in [0.2, 0.25) is 0 Å². The number of anilines is 3. The van der Waals surface area contributed by atoms with Gasteiger partial charge in [0.15, 0.2) is 11.5 Å². The van der Waals surface area contributed by atoms with Crippen molar-refractivity contribution in [3.8, 4) is 0 Å². The molecule has 1 fully saturated rings. The fourth-order valence-electron chi connectivity index (χ4n) is 2.37. The Hall–Kier alpha value is -2.96. The first kappa shape index (κ1) is 19.8. The van der Waals surface area contributed by atoms with Gasteiger partial charge in [0.1, 0.15) is 0 Å². The number of amides is 1. The topological polar surface area (TPSA) is 140 Å². The number of primary amides is 1. The molecule has 3 rings (SSSR count). The average molecular weight is 416 g/mol. The van der Waals surface area contributed by atoms with Gasteiger partial charge in [-0.25, -0.2) is 8.42 Å². The molecule has 0 atom stereocenters. The van der Waals surface area contributed by atoms with Crippen LogP contribution in [0.15, 0.2) is 29.2 Å². The molecule has 0 aliphatic heterocycles. The van der Waals surface area contributed by atoms with Crippen molar-refractivity contribution in [2.75, 3.05) is 10.6 Å². The number of hydrogen-bond donors (Lipinski definition) is 3. The van der Waals surface area contributed by atoms with Gasteiger partial charge in [0.25, 0.3) is 15.7 Å². The Morgan fingerprint density at radius 3 is 2.29 bits per heavy atom. The molecule has 0 saturated heterocycles. The van der Waals surface area contributed by atoms with Gasteiger partial charge in [-0.2, -0.15) is 18.2 Å². The molecule has 0 spiro atoms. The van der Waals surface area contributed by atoms with Gasteiger partial charge in [-0.15, -0.1) is 10.2 Å². The highest BCUT2D eigenvalue weighted by atomic mass is 32.2. The first-order valence-corrected chi connectivity index (χ1v) is 9.56. The highest BCUT2D eigenvalue weighted by molar-refractivity contribution is 7.92. The lowest BCUT2D eigenvalue weighted by atomic mass is 9.93. The SMILES string of the molecule is NC(=O)c1nnc(Nc2ccc(S(=O)(=O)C(F)(F)F)cc2)nc1NC1CCC1. The molecule has 28 heavy (non-hydrogen) atoms. The molecule has 4 N–H and O–H groups in total. The molecule has 1 aliphatic rings. The Kier molecular flexibility index (Phi) is 5.10. The summed E-state index contributed by atoms with van der Waals surface area (Å²) in [5.41, 5.74) is -0.0418. The molecule has 150 valence electrons. The van der Waals surface area contributed by atoms with Crippen molar-refractivity contribution in [2.24, 2.45) is 5.73 Å². The number of nitrogens with two attached hydrogens (primary N) is 1. The Morgan fingerprint density at radius 1 is 1.14 bits per heavy atom. The number of alkyl halides is 3. The molecule has 1 aromatic heterocycles. The van der Waals surface area contributed by atoms with E-state index in [1.807, 2.05) is 0 Å². The minimum absolute atomic E-state index is 0.0433. The zero-order valence-electron chi connectivity index (χ0n) is 14.2. The van der Waals surface area contributed by atoms with Crippen molar-refractivity contribution in [1.82, 2.24) is 15.2 Å². The van der Waals surface area contributed by atoms with E-state index in [0.717, 1.165) is 43.5 Å². The molecule has 13 heteroatoms. The third-order valence-electron chi connectivity index (χ3n) is 4.09. The first-order valence-electron chi connectivity index (χ1n) is 8.07. The molecule has 9 nitrogen and oxygen atoms in total. The number of hydrogen-bond acceptors (Lipinski definition) is 8. The van der Waals surface area contributed by atoms with Gasteiger partial charge in [0.2, 0.25) is 5.95 Å². The number of nitrogens with zero attached hydrogens (tertiary/aromatic N) is 3. The maximum Gasteiger partial charge on any atom is 0.501 e. The first-order chi connectivity index (χ1) is 13.1. The van der Waals surface area contributed by atoms with Crippen LogP contribution < -0.4 is 16.4 Å². The molecule has 0 radical (unpaired) electrons. The quantitative estimate of drug-likeness (QED) is 0.649. The zero-order valence-corrected chi connectivity index (χ0v) is 15.0. The number of benzene rings is 1. The van der Waals surface area contributed by atoms with Crippen LogP contribution in [0.3, 0.4) is 0 Å². The Labute approximate surface area is 157 Å². The lowest BCUT2D eigenvalue weighted by molar-refractivity contribution is -0.0436. The van der Waals surface area contributed by atoms with Crippen LogP contribution in [-0.4, -0.2) is 41.1 Å². The molecule has 1 heterocycles. The molecule has 2 aromatic rings. The largest absolute Gasteiger partial charge is 0.501 e. The van der Waals surface area contributed by atoms with Crippen LogP contribution in [0, 0.1) is 0 Å². The van der Waals surface area contributed by atoms with Gasteiger partial charge in [-0.1, -0.05) is 0 Å². The number of sulfone groups is 1. The van der Waals surface area contributed by atoms with Gasteiger partial charge in [-0.05, 0) is 43.5 Å². The standard InChI is InChI=1S/C15H15F3N6O3S/c16-15(17,18)28(26,27)10-6-4-9(5-7-10)21-14-22-13(20-8-2-1-3-8)11(12(19)25)23-24-14/h4-8H,1-3H2,(H2,19,25)(H2,20,21,22,24). The number of rotatable bonds is 6. The monoisotopic (exact) mass is 416 g/mol. The van der Waals surface area contributed by atoms with E-state index in [0.29, 0.717) is 0 Å². The van der Waals surface area contributed by atoms with Crippen LogP contribution in [0.4, 0.5) is 30.6 Å². The molecule has 1 saturated carbocycles. The summed E-state index contributed by atoms with van der Waals surface area (Å²) >= 11 is 0. The summed E-state index contributed by atoms with van der Waals surface area (Å²) in [4.78, 5) is 14.7. The third kappa shape index (κ3) is 3.98. The van der Waals surface area contributed by atoms with Crippen LogP contribution in [0.25, 0.3) is 0 Å². The van der Waals surface area contributed by atoms with E-state index < -0.39 is 26.1 Å². The molecular weight excluding hydrogens is 401 g/mol. The van der Waals surface area contributed by atoms with Crippen LogP contribution in [0.5, 0.6) is 0 Å². The van der Waals surface area contributed by atoms with Crippen LogP contribution in [-0.2, 0) is 9.84 Å². The van der Waals surface area contributed by atoms with Gasteiger partial charge in [0, 0.05) is 11.7 Å².